The Balaban J connectivity index is 0.000000211. The van der Waals surface area contributed by atoms with Crippen molar-refractivity contribution in [3.8, 4) is 0 Å². The quantitative estimate of drug-likeness (QED) is 0.391. The molecule has 7 nitrogen and oxygen atoms in total. The standard InChI is InChI=1S/C15H14O3S.C14H13NO3S/c16-15-11-5-4-7-13(15)8-6-12-19(17,18)14-9-2-1-3-10-14;16-14-9-4-5-10-15(14)11-6-12-19(17,18)13-7-2-1-3-8-13/h1-11,13H,12H2;1-11H,12H2. The summed E-state index contributed by atoms with van der Waals surface area (Å²) >= 11 is 0. The first-order chi connectivity index (χ1) is 18.2. The van der Waals surface area contributed by atoms with Crippen molar-refractivity contribution in [1.82, 2.24) is 4.57 Å². The fourth-order valence-electron chi connectivity index (χ4n) is 3.32. The van der Waals surface area contributed by atoms with Crippen LogP contribution in [0.3, 0.4) is 0 Å². The molecule has 0 N–H and O–H groups in total. The summed E-state index contributed by atoms with van der Waals surface area (Å²) in [6, 6.07) is 21.3. The molecule has 1 aromatic heterocycles. The molecule has 4 rings (SSSR count). The van der Waals surface area contributed by atoms with Gasteiger partial charge in [-0.2, -0.15) is 0 Å². The number of carbonyl (C=O) groups is 1. The van der Waals surface area contributed by atoms with Crippen molar-refractivity contribution in [1.29, 1.82) is 0 Å². The summed E-state index contributed by atoms with van der Waals surface area (Å²) in [4.78, 5) is 23.5. The number of rotatable bonds is 8. The van der Waals surface area contributed by atoms with Gasteiger partial charge in [0.1, 0.15) is 0 Å². The minimum Gasteiger partial charge on any atom is -0.294 e. The molecule has 3 aromatic rings. The fraction of sp³-hybridized carbons (Fsp3) is 0.103. The van der Waals surface area contributed by atoms with E-state index in [1.807, 2.05) is 0 Å². The lowest BCUT2D eigenvalue weighted by Crippen LogP contribution is -2.12. The van der Waals surface area contributed by atoms with Crippen molar-refractivity contribution in [2.24, 2.45) is 5.92 Å². The van der Waals surface area contributed by atoms with E-state index in [-0.39, 0.29) is 33.7 Å². The molecule has 0 fully saturated rings. The highest BCUT2D eigenvalue weighted by Gasteiger charge is 2.14. The summed E-state index contributed by atoms with van der Waals surface area (Å²) in [5.41, 5.74) is -0.198. The van der Waals surface area contributed by atoms with Crippen LogP contribution in [0.25, 0.3) is 6.20 Å². The van der Waals surface area contributed by atoms with Crippen LogP contribution in [0.5, 0.6) is 0 Å². The average Bonchev–Trinajstić information content (AvgIpc) is 2.92. The van der Waals surface area contributed by atoms with Crippen LogP contribution >= 0.6 is 0 Å². The highest BCUT2D eigenvalue weighted by molar-refractivity contribution is 7.91. The van der Waals surface area contributed by atoms with Gasteiger partial charge in [-0.05, 0) is 36.4 Å². The molecule has 0 spiro atoms. The van der Waals surface area contributed by atoms with Crippen LogP contribution in [0.1, 0.15) is 0 Å². The van der Waals surface area contributed by atoms with Gasteiger partial charge in [0.05, 0.1) is 27.2 Å². The van der Waals surface area contributed by atoms with Gasteiger partial charge in [0.15, 0.2) is 25.5 Å². The highest BCUT2D eigenvalue weighted by Crippen LogP contribution is 2.13. The van der Waals surface area contributed by atoms with Gasteiger partial charge in [0.25, 0.3) is 5.56 Å². The monoisotopic (exact) mass is 549 g/mol. The van der Waals surface area contributed by atoms with E-state index in [1.54, 1.807) is 103 Å². The predicted octanol–water partition coefficient (Wildman–Crippen LogP) is 4.12. The third kappa shape index (κ3) is 8.50. The first-order valence-corrected chi connectivity index (χ1v) is 14.9. The number of allylic oxidation sites excluding steroid dienone is 5. The topological polar surface area (TPSA) is 107 Å². The number of carbonyl (C=O) groups excluding carboxylic acids is 1. The van der Waals surface area contributed by atoms with E-state index < -0.39 is 19.7 Å². The normalized spacial score (nSPS) is 15.5. The molecule has 0 saturated carbocycles. The Morgan fingerprint density at radius 3 is 1.79 bits per heavy atom. The van der Waals surface area contributed by atoms with Crippen molar-refractivity contribution in [2.75, 3.05) is 11.5 Å². The minimum atomic E-state index is -3.35. The van der Waals surface area contributed by atoms with E-state index in [0.717, 1.165) is 0 Å². The van der Waals surface area contributed by atoms with Crippen molar-refractivity contribution in [3.05, 3.63) is 138 Å². The first kappa shape index (κ1) is 28.5. The number of pyridine rings is 1. The molecular formula is C29H27NO6S2. The molecule has 0 bridgehead atoms. The van der Waals surface area contributed by atoms with Crippen molar-refractivity contribution >= 4 is 31.7 Å². The second kappa shape index (κ2) is 13.5. The maximum atomic E-state index is 12.0. The molecular weight excluding hydrogens is 522 g/mol. The number of aromatic nitrogens is 1. The number of hydrogen-bond donors (Lipinski definition) is 0. The van der Waals surface area contributed by atoms with Gasteiger partial charge in [-0.25, -0.2) is 16.8 Å². The van der Waals surface area contributed by atoms with Crippen LogP contribution in [0.4, 0.5) is 0 Å². The number of nitrogens with zero attached hydrogens (tertiary/aromatic N) is 1. The Labute approximate surface area is 222 Å². The molecule has 0 saturated heterocycles. The van der Waals surface area contributed by atoms with Crippen molar-refractivity contribution in [3.63, 3.8) is 0 Å². The van der Waals surface area contributed by atoms with E-state index in [9.17, 15) is 26.4 Å². The largest absolute Gasteiger partial charge is 0.294 e. The predicted molar refractivity (Wildman–Crippen MR) is 149 cm³/mol. The maximum Gasteiger partial charge on any atom is 0.254 e. The molecule has 9 heteroatoms. The Bertz CT molecular complexity index is 1620. The highest BCUT2D eigenvalue weighted by atomic mass is 32.2. The smallest absolute Gasteiger partial charge is 0.254 e. The summed E-state index contributed by atoms with van der Waals surface area (Å²) in [6.45, 7) is 0. The molecule has 2 aromatic carbocycles. The molecule has 1 aliphatic rings. The zero-order valence-corrected chi connectivity index (χ0v) is 22.0. The SMILES string of the molecule is O=C1C=CC=CC1C=CCS(=O)(=O)c1ccccc1.O=c1ccccn1C=CCS(=O)(=O)c1ccccc1. The third-order valence-electron chi connectivity index (χ3n) is 5.32. The number of ketones is 1. The number of hydrogen-bond acceptors (Lipinski definition) is 6. The van der Waals surface area contributed by atoms with Crippen LogP contribution < -0.4 is 5.56 Å². The molecule has 1 aliphatic carbocycles. The average molecular weight is 550 g/mol. The second-order valence-electron chi connectivity index (χ2n) is 8.12. The summed E-state index contributed by atoms with van der Waals surface area (Å²) in [6.07, 6.45) is 14.3. The zero-order valence-electron chi connectivity index (χ0n) is 20.4. The Morgan fingerprint density at radius 1 is 0.684 bits per heavy atom. The lowest BCUT2D eigenvalue weighted by atomic mass is 9.99. The second-order valence-corrected chi connectivity index (χ2v) is 12.2. The molecule has 196 valence electrons. The van der Waals surface area contributed by atoms with E-state index in [0.29, 0.717) is 4.90 Å². The lowest BCUT2D eigenvalue weighted by molar-refractivity contribution is -0.115. The van der Waals surface area contributed by atoms with Gasteiger partial charge < -0.3 is 0 Å². The molecule has 38 heavy (non-hydrogen) atoms. The number of sulfone groups is 2. The summed E-state index contributed by atoms with van der Waals surface area (Å²) in [7, 11) is -6.66. The van der Waals surface area contributed by atoms with Gasteiger partial charge in [0.2, 0.25) is 0 Å². The van der Waals surface area contributed by atoms with E-state index in [2.05, 4.69) is 0 Å². The lowest BCUT2D eigenvalue weighted by Gasteiger charge is -2.06. The first-order valence-electron chi connectivity index (χ1n) is 11.6. The molecule has 0 radical (unpaired) electrons. The Morgan fingerprint density at radius 2 is 1.24 bits per heavy atom. The molecule has 0 amide bonds. The van der Waals surface area contributed by atoms with Crippen LogP contribution in [-0.4, -0.2) is 38.7 Å². The van der Waals surface area contributed by atoms with Crippen LogP contribution in [-0.2, 0) is 24.5 Å². The molecule has 1 atom stereocenters. The summed E-state index contributed by atoms with van der Waals surface area (Å²) in [5, 5.41) is 0. The van der Waals surface area contributed by atoms with Crippen molar-refractivity contribution in [2.45, 2.75) is 9.79 Å². The molecule has 0 aliphatic heterocycles. The third-order valence-corrected chi connectivity index (χ3v) is 8.56. The van der Waals surface area contributed by atoms with Gasteiger partial charge in [0, 0.05) is 18.5 Å². The maximum absolute atomic E-state index is 12.0. The minimum absolute atomic E-state index is 0.0316. The van der Waals surface area contributed by atoms with E-state index in [4.69, 9.17) is 0 Å². The van der Waals surface area contributed by atoms with Crippen LogP contribution in [0, 0.1) is 5.92 Å². The molecule has 1 heterocycles. The molecule has 1 unspecified atom stereocenters. The van der Waals surface area contributed by atoms with Crippen LogP contribution in [0.15, 0.2) is 142 Å². The van der Waals surface area contributed by atoms with Gasteiger partial charge >= 0.3 is 0 Å². The fourth-order valence-corrected chi connectivity index (χ4v) is 5.55. The van der Waals surface area contributed by atoms with Gasteiger partial charge in [-0.1, -0.05) is 78.9 Å². The van der Waals surface area contributed by atoms with Gasteiger partial charge in [-0.3, -0.25) is 14.2 Å². The Hall–Kier alpha value is -4.08. The van der Waals surface area contributed by atoms with Gasteiger partial charge in [-0.15, -0.1) is 0 Å². The van der Waals surface area contributed by atoms with Crippen molar-refractivity contribution < 1.29 is 21.6 Å². The zero-order chi connectivity index (χ0) is 27.4. The summed E-state index contributed by atoms with van der Waals surface area (Å²) in [5.74, 6) is -0.622. The van der Waals surface area contributed by atoms with E-state index in [1.165, 1.54) is 35.1 Å². The van der Waals surface area contributed by atoms with E-state index >= 15 is 0 Å². The van der Waals surface area contributed by atoms with Crippen LogP contribution in [0.2, 0.25) is 0 Å². The summed E-state index contributed by atoms with van der Waals surface area (Å²) < 4.78 is 49.2. The Kier molecular flexibility index (Phi) is 10.1. The number of benzene rings is 2.